The van der Waals surface area contributed by atoms with Crippen LogP contribution >= 0.6 is 0 Å². The highest BCUT2D eigenvalue weighted by Gasteiger charge is 2.38. The van der Waals surface area contributed by atoms with E-state index in [1.807, 2.05) is 6.07 Å². The maximum atomic E-state index is 10.6. The minimum absolute atomic E-state index is 0.696. The van der Waals surface area contributed by atoms with Crippen LogP contribution in [0, 0.1) is 0 Å². The van der Waals surface area contributed by atoms with Gasteiger partial charge in [0.15, 0.2) is 0 Å². The van der Waals surface area contributed by atoms with E-state index in [-0.39, 0.29) is 0 Å². The Morgan fingerprint density at radius 1 is 0.917 bits per heavy atom. The molecule has 2 N–H and O–H groups in total. The van der Waals surface area contributed by atoms with Crippen LogP contribution in [-0.2, 0) is 29.0 Å². The lowest BCUT2D eigenvalue weighted by molar-refractivity contribution is -0.193. The fraction of sp³-hybridized carbons (Fsp3) is 0.450. The molecule has 36 heavy (non-hydrogen) atoms. The highest BCUT2D eigenvalue weighted by molar-refractivity contribution is 5.73. The van der Waals surface area contributed by atoms with Crippen molar-refractivity contribution in [3.8, 4) is 11.8 Å². The van der Waals surface area contributed by atoms with Crippen LogP contribution in [0.15, 0.2) is 24.7 Å². The lowest BCUT2D eigenvalue weighted by atomic mass is 10.1. The molecular formula is C20H22F6N4O6. The van der Waals surface area contributed by atoms with Gasteiger partial charge >= 0.3 is 24.3 Å². The van der Waals surface area contributed by atoms with Gasteiger partial charge in [-0.25, -0.2) is 24.5 Å². The number of hydrogen-bond acceptors (Lipinski definition) is 8. The van der Waals surface area contributed by atoms with Crippen LogP contribution in [0.25, 0.3) is 0 Å². The summed E-state index contributed by atoms with van der Waals surface area (Å²) in [4.78, 5) is 33.1. The summed E-state index contributed by atoms with van der Waals surface area (Å²) in [5.41, 5.74) is 3.33. The third-order valence-electron chi connectivity index (χ3n) is 4.45. The molecule has 2 aromatic heterocycles. The molecule has 1 aliphatic heterocycles. The van der Waals surface area contributed by atoms with Crippen LogP contribution in [-0.4, -0.2) is 81.7 Å². The van der Waals surface area contributed by atoms with Gasteiger partial charge in [-0.3, -0.25) is 4.90 Å². The lowest BCUT2D eigenvalue weighted by Crippen LogP contribution is -2.26. The van der Waals surface area contributed by atoms with Crippen molar-refractivity contribution < 1.29 is 55.6 Å². The first-order chi connectivity index (χ1) is 16.7. The van der Waals surface area contributed by atoms with Crippen molar-refractivity contribution in [2.24, 2.45) is 0 Å². The van der Waals surface area contributed by atoms with E-state index < -0.39 is 24.3 Å². The van der Waals surface area contributed by atoms with E-state index in [0.717, 1.165) is 49.3 Å². The second kappa shape index (κ2) is 13.4. The van der Waals surface area contributed by atoms with Gasteiger partial charge in [-0.15, -0.1) is 0 Å². The number of carboxylic acid groups (broad SMARTS) is 2. The molecule has 0 aliphatic carbocycles. The predicted octanol–water partition coefficient (Wildman–Crippen LogP) is 2.76. The molecular weight excluding hydrogens is 506 g/mol. The van der Waals surface area contributed by atoms with Gasteiger partial charge in [0.1, 0.15) is 6.33 Å². The van der Waals surface area contributed by atoms with Gasteiger partial charge in [0, 0.05) is 43.4 Å². The topological polar surface area (TPSA) is 135 Å². The van der Waals surface area contributed by atoms with E-state index in [4.69, 9.17) is 29.3 Å². The van der Waals surface area contributed by atoms with E-state index in [9.17, 15) is 26.3 Å². The number of nitrogens with zero attached hydrogens (tertiary/aromatic N) is 4. The molecule has 0 spiro atoms. The molecule has 0 saturated heterocycles. The molecule has 0 aromatic carbocycles. The van der Waals surface area contributed by atoms with E-state index in [0.29, 0.717) is 11.8 Å². The molecule has 10 nitrogen and oxygen atoms in total. The highest BCUT2D eigenvalue weighted by atomic mass is 19.4. The second-order valence-electron chi connectivity index (χ2n) is 6.86. The smallest absolute Gasteiger partial charge is 0.481 e. The molecule has 0 bridgehead atoms. The van der Waals surface area contributed by atoms with E-state index in [1.54, 1.807) is 26.7 Å². The summed E-state index contributed by atoms with van der Waals surface area (Å²) >= 11 is 0. The Morgan fingerprint density at radius 2 is 1.44 bits per heavy atom. The first-order valence-corrected chi connectivity index (χ1v) is 9.87. The SMILES string of the molecule is COc1ncccc1CN1CCc2ncnc(OC)c2CC1.O=C(O)C(F)(F)F.O=C(O)C(F)(F)F. The fourth-order valence-electron chi connectivity index (χ4n) is 2.85. The Hall–Kier alpha value is -3.69. The maximum absolute atomic E-state index is 10.6. The van der Waals surface area contributed by atoms with Crippen molar-refractivity contribution in [2.75, 3.05) is 27.3 Å². The highest BCUT2D eigenvalue weighted by Crippen LogP contribution is 2.23. The summed E-state index contributed by atoms with van der Waals surface area (Å²) in [6.45, 7) is 2.71. The molecule has 0 amide bonds. The number of alkyl halides is 6. The minimum Gasteiger partial charge on any atom is -0.481 e. The molecule has 0 saturated carbocycles. The largest absolute Gasteiger partial charge is 0.490 e. The number of fused-ring (bicyclic) bond motifs is 1. The molecule has 3 heterocycles. The normalized spacial score (nSPS) is 13.6. The summed E-state index contributed by atoms with van der Waals surface area (Å²) in [6, 6.07) is 4.00. The zero-order valence-corrected chi connectivity index (χ0v) is 18.9. The number of aromatic nitrogens is 3. The van der Waals surface area contributed by atoms with Crippen molar-refractivity contribution in [1.82, 2.24) is 19.9 Å². The molecule has 0 atom stereocenters. The zero-order valence-electron chi connectivity index (χ0n) is 18.9. The maximum Gasteiger partial charge on any atom is 0.490 e. The summed E-state index contributed by atoms with van der Waals surface area (Å²) in [5, 5.41) is 14.2. The number of rotatable bonds is 4. The van der Waals surface area contributed by atoms with Crippen LogP contribution in [0.4, 0.5) is 26.3 Å². The van der Waals surface area contributed by atoms with Crippen molar-refractivity contribution in [1.29, 1.82) is 0 Å². The van der Waals surface area contributed by atoms with Crippen LogP contribution in [0.1, 0.15) is 16.8 Å². The quantitative estimate of drug-likeness (QED) is 0.571. The van der Waals surface area contributed by atoms with Gasteiger partial charge in [-0.05, 0) is 12.5 Å². The van der Waals surface area contributed by atoms with Gasteiger partial charge in [0.05, 0.1) is 19.9 Å². The molecule has 0 unspecified atom stereocenters. The summed E-state index contributed by atoms with van der Waals surface area (Å²) in [7, 11) is 3.32. The molecule has 3 rings (SSSR count). The third kappa shape index (κ3) is 9.89. The average molecular weight is 528 g/mol. The van der Waals surface area contributed by atoms with Gasteiger partial charge in [-0.1, -0.05) is 6.07 Å². The summed E-state index contributed by atoms with van der Waals surface area (Å²) in [6.07, 6.45) is -5.04. The van der Waals surface area contributed by atoms with E-state index in [2.05, 4.69) is 25.9 Å². The van der Waals surface area contributed by atoms with Crippen LogP contribution in [0.3, 0.4) is 0 Å². The fourth-order valence-corrected chi connectivity index (χ4v) is 2.85. The Bertz CT molecular complexity index is 995. The average Bonchev–Trinajstić information content (AvgIpc) is 3.01. The number of carboxylic acids is 2. The van der Waals surface area contributed by atoms with Gasteiger partial charge in [0.2, 0.25) is 11.8 Å². The third-order valence-corrected chi connectivity index (χ3v) is 4.45. The Balaban J connectivity index is 0.000000383. The molecule has 200 valence electrons. The zero-order chi connectivity index (χ0) is 27.5. The van der Waals surface area contributed by atoms with Crippen molar-refractivity contribution in [3.63, 3.8) is 0 Å². The standard InChI is InChI=1S/C16H20N4O2.2C2HF3O2/c1-21-15-12(4-3-7-17-15)10-20-8-5-13-14(6-9-20)18-11-19-16(13)22-2;2*3-2(4,5)1(6)7/h3-4,7,11H,5-6,8-10H2,1-2H3;2*(H,6,7). The Labute approximate surface area is 200 Å². The van der Waals surface area contributed by atoms with Crippen molar-refractivity contribution >= 4 is 11.9 Å². The number of aliphatic carboxylic acids is 2. The number of halogens is 6. The van der Waals surface area contributed by atoms with Crippen LogP contribution in [0.2, 0.25) is 0 Å². The van der Waals surface area contributed by atoms with E-state index >= 15 is 0 Å². The monoisotopic (exact) mass is 528 g/mol. The summed E-state index contributed by atoms with van der Waals surface area (Å²) in [5.74, 6) is -4.12. The van der Waals surface area contributed by atoms with Gasteiger partial charge < -0.3 is 19.7 Å². The molecule has 0 fully saturated rings. The molecule has 2 aromatic rings. The number of ether oxygens (including phenoxy) is 2. The van der Waals surface area contributed by atoms with Gasteiger partial charge in [-0.2, -0.15) is 26.3 Å². The minimum atomic E-state index is -5.08. The number of methoxy groups -OCH3 is 2. The molecule has 1 aliphatic rings. The van der Waals surface area contributed by atoms with E-state index in [1.165, 1.54) is 0 Å². The Kier molecular flexibility index (Phi) is 11.3. The lowest BCUT2D eigenvalue weighted by Gasteiger charge is -2.20. The molecule has 16 heteroatoms. The van der Waals surface area contributed by atoms with Crippen molar-refractivity contribution in [3.05, 3.63) is 41.5 Å². The first kappa shape index (κ1) is 30.3. The van der Waals surface area contributed by atoms with Crippen LogP contribution < -0.4 is 9.47 Å². The van der Waals surface area contributed by atoms with Gasteiger partial charge in [0.25, 0.3) is 0 Å². The number of pyridine rings is 1. The Morgan fingerprint density at radius 3 is 1.94 bits per heavy atom. The predicted molar refractivity (Wildman–Crippen MR) is 109 cm³/mol. The number of hydrogen-bond donors (Lipinski definition) is 2. The van der Waals surface area contributed by atoms with Crippen molar-refractivity contribution in [2.45, 2.75) is 31.7 Å². The molecule has 0 radical (unpaired) electrons. The number of carbonyl (C=O) groups is 2. The summed E-state index contributed by atoms with van der Waals surface area (Å²) < 4.78 is 74.2. The first-order valence-electron chi connectivity index (χ1n) is 9.87. The van der Waals surface area contributed by atoms with Crippen LogP contribution in [0.5, 0.6) is 11.8 Å². The second-order valence-corrected chi connectivity index (χ2v) is 6.86.